The second-order valence-corrected chi connectivity index (χ2v) is 8.96. The van der Waals surface area contributed by atoms with Gasteiger partial charge in [0.2, 0.25) is 5.91 Å². The molecule has 0 unspecified atom stereocenters. The number of carbonyl (C=O) groups excluding carboxylic acids is 2. The fourth-order valence-corrected chi connectivity index (χ4v) is 4.64. The highest BCUT2D eigenvalue weighted by molar-refractivity contribution is 7.12. The molecule has 0 radical (unpaired) electrons. The Morgan fingerprint density at radius 3 is 2.34 bits per heavy atom. The van der Waals surface area contributed by atoms with E-state index >= 15 is 0 Å². The number of thiophene rings is 1. The summed E-state index contributed by atoms with van der Waals surface area (Å²) in [5.74, 6) is 0.0837. The zero-order chi connectivity index (χ0) is 22.2. The summed E-state index contributed by atoms with van der Waals surface area (Å²) in [5, 5.41) is 5.01. The first-order valence-corrected chi connectivity index (χ1v) is 11.9. The predicted octanol–water partition coefficient (Wildman–Crippen LogP) is 4.63. The van der Waals surface area contributed by atoms with E-state index in [0.29, 0.717) is 45.7 Å². The average molecular weight is 449 g/mol. The van der Waals surface area contributed by atoms with Crippen molar-refractivity contribution in [1.82, 2.24) is 10.2 Å². The van der Waals surface area contributed by atoms with E-state index in [4.69, 9.17) is 4.74 Å². The number of benzene rings is 2. The molecular weight excluding hydrogens is 420 g/mol. The van der Waals surface area contributed by atoms with Gasteiger partial charge < -0.3 is 15.0 Å². The molecule has 32 heavy (non-hydrogen) atoms. The Hall–Kier alpha value is -2.96. The van der Waals surface area contributed by atoms with E-state index in [2.05, 4.69) is 5.32 Å². The molecular formula is C26H28N2O3S. The van der Waals surface area contributed by atoms with Crippen molar-refractivity contribution in [3.63, 3.8) is 0 Å². The van der Waals surface area contributed by atoms with Crippen molar-refractivity contribution in [2.24, 2.45) is 5.92 Å². The monoisotopic (exact) mass is 448 g/mol. The van der Waals surface area contributed by atoms with E-state index < -0.39 is 0 Å². The molecule has 2 heterocycles. The third kappa shape index (κ3) is 5.84. The summed E-state index contributed by atoms with van der Waals surface area (Å²) < 4.78 is 5.89. The number of amides is 2. The first kappa shape index (κ1) is 22.2. The quantitative estimate of drug-likeness (QED) is 0.546. The first-order chi connectivity index (χ1) is 15.7. The summed E-state index contributed by atoms with van der Waals surface area (Å²) in [6.07, 6.45) is 1.40. The Balaban J connectivity index is 1.24. The lowest BCUT2D eigenvalue weighted by atomic mass is 9.95. The molecule has 1 fully saturated rings. The normalized spacial score (nSPS) is 14.3. The molecule has 2 amide bonds. The van der Waals surface area contributed by atoms with E-state index in [1.807, 2.05) is 77.0 Å². The van der Waals surface area contributed by atoms with Crippen LogP contribution < -0.4 is 5.32 Å². The minimum Gasteiger partial charge on any atom is -0.372 e. The number of rotatable bonds is 8. The number of likely N-dealkylation sites (tertiary alicyclic amines) is 1. The molecule has 1 aromatic heterocycles. The highest BCUT2D eigenvalue weighted by Crippen LogP contribution is 2.21. The lowest BCUT2D eigenvalue weighted by molar-refractivity contribution is -0.126. The van der Waals surface area contributed by atoms with Crippen molar-refractivity contribution in [1.29, 1.82) is 0 Å². The Kier molecular flexibility index (Phi) is 7.69. The summed E-state index contributed by atoms with van der Waals surface area (Å²) in [4.78, 5) is 27.8. The van der Waals surface area contributed by atoms with Crippen molar-refractivity contribution in [3.8, 4) is 0 Å². The van der Waals surface area contributed by atoms with Crippen molar-refractivity contribution < 1.29 is 14.3 Å². The third-order valence-corrected chi connectivity index (χ3v) is 6.68. The molecule has 166 valence electrons. The van der Waals surface area contributed by atoms with E-state index in [1.165, 1.54) is 11.3 Å². The molecule has 4 rings (SSSR count). The van der Waals surface area contributed by atoms with Crippen LogP contribution in [0.5, 0.6) is 0 Å². The largest absolute Gasteiger partial charge is 0.372 e. The fraction of sp³-hybridized carbons (Fsp3) is 0.308. The zero-order valence-corrected chi connectivity index (χ0v) is 18.9. The van der Waals surface area contributed by atoms with Gasteiger partial charge in [0.1, 0.15) is 0 Å². The SMILES string of the molecule is O=C(NCc1ccccc1COCc1ccccc1)C1CCN(C(=O)c2cccs2)CC1. The molecule has 0 bridgehead atoms. The Labute approximate surface area is 193 Å². The highest BCUT2D eigenvalue weighted by Gasteiger charge is 2.28. The van der Waals surface area contributed by atoms with Gasteiger partial charge in [-0.15, -0.1) is 11.3 Å². The van der Waals surface area contributed by atoms with Crippen molar-refractivity contribution in [2.75, 3.05) is 13.1 Å². The summed E-state index contributed by atoms with van der Waals surface area (Å²) >= 11 is 1.46. The molecule has 0 saturated carbocycles. The molecule has 0 aliphatic carbocycles. The van der Waals surface area contributed by atoms with Crippen LogP contribution in [-0.2, 0) is 29.3 Å². The van der Waals surface area contributed by atoms with Crippen LogP contribution in [-0.4, -0.2) is 29.8 Å². The first-order valence-electron chi connectivity index (χ1n) is 11.0. The van der Waals surface area contributed by atoms with Crippen molar-refractivity contribution >= 4 is 23.2 Å². The minimum atomic E-state index is -0.0520. The number of hydrogen-bond donors (Lipinski definition) is 1. The van der Waals surface area contributed by atoms with Crippen LogP contribution in [0.2, 0.25) is 0 Å². The van der Waals surface area contributed by atoms with Gasteiger partial charge in [0.15, 0.2) is 0 Å². The molecule has 1 N–H and O–H groups in total. The van der Waals surface area contributed by atoms with E-state index in [0.717, 1.165) is 21.6 Å². The number of ether oxygens (including phenoxy) is 1. The second kappa shape index (κ2) is 11.1. The Morgan fingerprint density at radius 2 is 1.62 bits per heavy atom. The van der Waals surface area contributed by atoms with Gasteiger partial charge in [0.05, 0.1) is 18.1 Å². The fourth-order valence-electron chi connectivity index (χ4n) is 3.95. The molecule has 1 aliphatic rings. The maximum atomic E-state index is 12.7. The van der Waals surface area contributed by atoms with Gasteiger partial charge >= 0.3 is 0 Å². The van der Waals surface area contributed by atoms with Crippen molar-refractivity contribution in [3.05, 3.63) is 93.7 Å². The Morgan fingerprint density at radius 1 is 0.906 bits per heavy atom. The molecule has 5 nitrogen and oxygen atoms in total. The molecule has 3 aromatic rings. The number of piperidine rings is 1. The van der Waals surface area contributed by atoms with Crippen molar-refractivity contribution in [2.45, 2.75) is 32.6 Å². The lowest BCUT2D eigenvalue weighted by Gasteiger charge is -2.31. The van der Waals surface area contributed by atoms with Gasteiger partial charge in [-0.2, -0.15) is 0 Å². The Bertz CT molecular complexity index is 1010. The van der Waals surface area contributed by atoms with Crippen LogP contribution >= 0.6 is 11.3 Å². The third-order valence-electron chi connectivity index (χ3n) is 5.83. The second-order valence-electron chi connectivity index (χ2n) is 8.01. The van der Waals surface area contributed by atoms with Crippen LogP contribution in [0.25, 0.3) is 0 Å². The minimum absolute atomic E-state index is 0.0520. The number of carbonyl (C=O) groups is 2. The zero-order valence-electron chi connectivity index (χ0n) is 18.0. The van der Waals surface area contributed by atoms with Gasteiger partial charge in [0, 0.05) is 25.6 Å². The van der Waals surface area contributed by atoms with Gasteiger partial charge in [0.25, 0.3) is 5.91 Å². The number of nitrogens with one attached hydrogen (secondary N) is 1. The van der Waals surface area contributed by atoms with Gasteiger partial charge in [-0.05, 0) is 41.0 Å². The summed E-state index contributed by atoms with van der Waals surface area (Å²) in [7, 11) is 0. The maximum absolute atomic E-state index is 12.7. The highest BCUT2D eigenvalue weighted by atomic mass is 32.1. The molecule has 0 spiro atoms. The molecule has 1 saturated heterocycles. The van der Waals surface area contributed by atoms with Crippen LogP contribution in [0, 0.1) is 5.92 Å². The maximum Gasteiger partial charge on any atom is 0.263 e. The molecule has 0 atom stereocenters. The average Bonchev–Trinajstić information content (AvgIpc) is 3.39. The van der Waals surface area contributed by atoms with Crippen LogP contribution in [0.15, 0.2) is 72.1 Å². The summed E-state index contributed by atoms with van der Waals surface area (Å²) in [5.41, 5.74) is 3.29. The van der Waals surface area contributed by atoms with Crippen LogP contribution in [0.3, 0.4) is 0 Å². The smallest absolute Gasteiger partial charge is 0.263 e. The van der Waals surface area contributed by atoms with E-state index in [1.54, 1.807) is 0 Å². The molecule has 1 aliphatic heterocycles. The van der Waals surface area contributed by atoms with Crippen LogP contribution in [0.4, 0.5) is 0 Å². The summed E-state index contributed by atoms with van der Waals surface area (Å²) in [6.45, 7) is 2.80. The van der Waals surface area contributed by atoms with E-state index in [-0.39, 0.29) is 17.7 Å². The number of hydrogen-bond acceptors (Lipinski definition) is 4. The topological polar surface area (TPSA) is 58.6 Å². The lowest BCUT2D eigenvalue weighted by Crippen LogP contribution is -2.42. The number of nitrogens with zero attached hydrogens (tertiary/aromatic N) is 1. The van der Waals surface area contributed by atoms with E-state index in [9.17, 15) is 9.59 Å². The molecule has 2 aromatic carbocycles. The van der Waals surface area contributed by atoms with Gasteiger partial charge in [-0.3, -0.25) is 9.59 Å². The summed E-state index contributed by atoms with van der Waals surface area (Å²) in [6, 6.07) is 21.9. The molecule has 6 heteroatoms. The van der Waals surface area contributed by atoms with Crippen LogP contribution in [0.1, 0.15) is 39.2 Å². The predicted molar refractivity (Wildman–Crippen MR) is 126 cm³/mol. The van der Waals surface area contributed by atoms with Gasteiger partial charge in [-0.1, -0.05) is 60.7 Å². The van der Waals surface area contributed by atoms with Gasteiger partial charge in [-0.25, -0.2) is 0 Å². The standard InChI is InChI=1S/C26H28N2O3S/c29-25(21-12-14-28(15-13-21)26(30)24-11-6-16-32-24)27-17-22-9-4-5-10-23(22)19-31-18-20-7-2-1-3-8-20/h1-11,16,21H,12-15,17-19H2,(H,27,29).